The molecule has 0 radical (unpaired) electrons. The third kappa shape index (κ3) is 12.8. The number of nitrogens with one attached hydrogen (secondary N) is 2. The average Bonchev–Trinajstić information content (AvgIpc) is 3.08. The fraction of sp³-hybridized carbons (Fsp3) is 0.488. The predicted octanol–water partition coefficient (Wildman–Crippen LogP) is 9.18. The van der Waals surface area contributed by atoms with Crippen LogP contribution in [0.2, 0.25) is 0 Å². The van der Waals surface area contributed by atoms with Crippen LogP contribution in [0.5, 0.6) is 23.0 Å². The van der Waals surface area contributed by atoms with E-state index in [4.69, 9.17) is 24.8 Å². The minimum absolute atomic E-state index is 0.00673. The van der Waals surface area contributed by atoms with Gasteiger partial charge in [0.05, 0.1) is 33.1 Å². The molecule has 0 aromatic heterocycles. The molecule has 0 aliphatic carbocycles. The lowest BCUT2D eigenvalue weighted by molar-refractivity contribution is -0.110. The Morgan fingerprint density at radius 3 is 1.73 bits per heavy atom. The van der Waals surface area contributed by atoms with Crippen molar-refractivity contribution in [2.24, 2.45) is 15.9 Å². The minimum Gasteiger partial charge on any atom is -0.497 e. The van der Waals surface area contributed by atoms with Gasteiger partial charge in [-0.05, 0) is 78.1 Å². The lowest BCUT2D eigenvalue weighted by Gasteiger charge is -2.22. The molecule has 10 heteroatoms. The van der Waals surface area contributed by atoms with E-state index in [2.05, 4.69) is 80.5 Å². The van der Waals surface area contributed by atoms with E-state index in [-0.39, 0.29) is 16.5 Å². The number of nitrogens with zero attached hydrogens (tertiary/aromatic N) is 2. The number of ether oxygens (including phenoxy) is 4. The summed E-state index contributed by atoms with van der Waals surface area (Å²) >= 11 is 0. The van der Waals surface area contributed by atoms with Gasteiger partial charge in [0.15, 0.2) is 5.71 Å². The van der Waals surface area contributed by atoms with E-state index >= 15 is 0 Å². The lowest BCUT2D eigenvalue weighted by atomic mass is 9.86. The molecule has 0 saturated heterocycles. The maximum atomic E-state index is 13.4. The summed E-state index contributed by atoms with van der Waals surface area (Å²) in [7, 11) is 5.06. The highest BCUT2D eigenvalue weighted by molar-refractivity contribution is 6.68. The van der Waals surface area contributed by atoms with Gasteiger partial charge in [-0.2, -0.15) is 5.10 Å². The van der Waals surface area contributed by atoms with Gasteiger partial charge in [-0.25, -0.2) is 4.99 Å². The maximum absolute atomic E-state index is 13.4. The summed E-state index contributed by atoms with van der Waals surface area (Å²) in [4.78, 5) is 18.0. The molecule has 3 aromatic rings. The van der Waals surface area contributed by atoms with Crippen LogP contribution in [0.15, 0.2) is 64.7 Å². The quantitative estimate of drug-likeness (QED) is 0.0522. The number of nitrogens with two attached hydrogens (primary N) is 1. The zero-order valence-corrected chi connectivity index (χ0v) is 32.4. The summed E-state index contributed by atoms with van der Waals surface area (Å²) in [5.74, 6) is 7.95. The highest BCUT2D eigenvalue weighted by atomic mass is 16.5. The summed E-state index contributed by atoms with van der Waals surface area (Å²) in [6.45, 7) is 16.0. The van der Waals surface area contributed by atoms with Crippen LogP contribution in [0, 0.1) is 0 Å². The lowest BCUT2D eigenvalue weighted by Crippen LogP contribution is -2.30. The van der Waals surface area contributed by atoms with E-state index in [1.165, 1.54) is 5.56 Å². The van der Waals surface area contributed by atoms with Gasteiger partial charge < -0.3 is 35.4 Å². The number of methoxy groups -OCH3 is 2. The molecule has 0 bridgehead atoms. The van der Waals surface area contributed by atoms with Gasteiger partial charge in [0.1, 0.15) is 28.7 Å². The van der Waals surface area contributed by atoms with Crippen molar-refractivity contribution in [1.29, 1.82) is 0 Å². The SMILES string of the molecule is CNc1cc(OCCCCCCCCOc2cc(NC(=O)/C(=N/N)C(C)=Nc3cc(OC)ccc3OC)cc(C(C)(C)C)c2)cc(C(C)(C)C)c1. The van der Waals surface area contributed by atoms with Crippen molar-refractivity contribution in [2.75, 3.05) is 45.1 Å². The normalized spacial score (nSPS) is 12.4. The summed E-state index contributed by atoms with van der Waals surface area (Å²) < 4.78 is 23.0. The van der Waals surface area contributed by atoms with Crippen molar-refractivity contribution in [1.82, 2.24) is 0 Å². The Labute approximate surface area is 305 Å². The molecule has 0 aliphatic heterocycles. The number of benzene rings is 3. The van der Waals surface area contributed by atoms with Crippen molar-refractivity contribution < 1.29 is 23.7 Å². The second-order valence-corrected chi connectivity index (χ2v) is 14.7. The Morgan fingerprint density at radius 2 is 1.24 bits per heavy atom. The van der Waals surface area contributed by atoms with Crippen LogP contribution in [-0.2, 0) is 15.6 Å². The second kappa shape index (κ2) is 19.0. The zero-order chi connectivity index (χ0) is 37.6. The third-order valence-corrected chi connectivity index (χ3v) is 8.53. The van der Waals surface area contributed by atoms with Crippen molar-refractivity contribution >= 4 is 34.4 Å². The van der Waals surface area contributed by atoms with Crippen molar-refractivity contribution in [2.45, 2.75) is 97.8 Å². The number of carbonyl (C=O) groups excluding carboxylic acids is 1. The maximum Gasteiger partial charge on any atom is 0.277 e. The molecule has 4 N–H and O–H groups in total. The Kier molecular flexibility index (Phi) is 15.2. The van der Waals surface area contributed by atoms with Gasteiger partial charge in [0.2, 0.25) is 0 Å². The molecule has 0 aliphatic rings. The van der Waals surface area contributed by atoms with Crippen LogP contribution in [0.25, 0.3) is 0 Å². The van der Waals surface area contributed by atoms with E-state index in [1.54, 1.807) is 39.3 Å². The topological polar surface area (TPSA) is 129 Å². The summed E-state index contributed by atoms with van der Waals surface area (Å²) in [5, 5.41) is 9.95. The Balaban J connectivity index is 1.51. The van der Waals surface area contributed by atoms with Crippen LogP contribution in [0.4, 0.5) is 17.1 Å². The summed E-state index contributed by atoms with van der Waals surface area (Å²) in [6, 6.07) is 17.4. The molecule has 3 aromatic carbocycles. The molecule has 0 heterocycles. The average molecular weight is 702 g/mol. The number of hydrogen-bond acceptors (Lipinski definition) is 9. The first-order valence-electron chi connectivity index (χ1n) is 17.8. The van der Waals surface area contributed by atoms with Gasteiger partial charge in [-0.3, -0.25) is 4.79 Å². The van der Waals surface area contributed by atoms with Gasteiger partial charge in [0.25, 0.3) is 5.91 Å². The zero-order valence-electron chi connectivity index (χ0n) is 32.4. The molecule has 0 spiro atoms. The fourth-order valence-electron chi connectivity index (χ4n) is 5.36. The van der Waals surface area contributed by atoms with Crippen LogP contribution < -0.4 is 35.4 Å². The van der Waals surface area contributed by atoms with Crippen LogP contribution in [0.3, 0.4) is 0 Å². The highest BCUT2D eigenvalue weighted by Gasteiger charge is 2.20. The standard InChI is InChI=1S/C41H59N5O5/c1-28(44-36-27-33(48-9)17-18-37(36)49-10)38(46-42)39(47)45-32-22-30(41(5,6)7)24-35(26-32)51-20-16-14-12-11-13-15-19-50-34-23-29(40(2,3)4)21-31(25-34)43-8/h17-18,21-27,43H,11-16,19-20,42H2,1-10H3,(H,45,47)/b44-28?,46-38+. The number of rotatable bonds is 18. The van der Waals surface area contributed by atoms with E-state index in [1.807, 2.05) is 25.2 Å². The molecule has 3 rings (SSSR count). The number of hydrazone groups is 1. The molecule has 278 valence electrons. The molecular weight excluding hydrogens is 642 g/mol. The molecule has 0 fully saturated rings. The Bertz CT molecular complexity index is 1650. The van der Waals surface area contributed by atoms with Gasteiger partial charge in [0, 0.05) is 36.6 Å². The smallest absolute Gasteiger partial charge is 0.277 e. The molecule has 51 heavy (non-hydrogen) atoms. The second-order valence-electron chi connectivity index (χ2n) is 14.7. The van der Waals surface area contributed by atoms with Crippen LogP contribution in [-0.4, -0.2) is 51.8 Å². The molecule has 0 unspecified atom stereocenters. The van der Waals surface area contributed by atoms with Crippen LogP contribution in [0.1, 0.15) is 98.1 Å². The van der Waals surface area contributed by atoms with Gasteiger partial charge in [-0.1, -0.05) is 67.2 Å². The first-order chi connectivity index (χ1) is 24.2. The van der Waals surface area contributed by atoms with Crippen molar-refractivity contribution in [3.05, 3.63) is 65.7 Å². The van der Waals surface area contributed by atoms with E-state index in [0.29, 0.717) is 47.5 Å². The fourth-order valence-corrected chi connectivity index (χ4v) is 5.36. The monoisotopic (exact) mass is 701 g/mol. The number of carbonyl (C=O) groups is 1. The summed E-state index contributed by atoms with van der Waals surface area (Å²) in [5.41, 5.74) is 4.66. The van der Waals surface area contributed by atoms with E-state index in [0.717, 1.165) is 55.5 Å². The molecule has 0 atom stereocenters. The number of aliphatic imine (C=N–C) groups is 1. The first kappa shape index (κ1) is 40.7. The molecule has 10 nitrogen and oxygen atoms in total. The molecule has 0 saturated carbocycles. The number of anilines is 2. The van der Waals surface area contributed by atoms with Crippen LogP contribution >= 0.6 is 0 Å². The molecular formula is C41H59N5O5. The number of hydrogen-bond donors (Lipinski definition) is 3. The van der Waals surface area contributed by atoms with Gasteiger partial charge in [-0.15, -0.1) is 0 Å². The predicted molar refractivity (Wildman–Crippen MR) is 211 cm³/mol. The van der Waals surface area contributed by atoms with Crippen molar-refractivity contribution in [3.8, 4) is 23.0 Å². The Hall–Kier alpha value is -4.73. The third-order valence-electron chi connectivity index (χ3n) is 8.53. The number of unbranched alkanes of at least 4 members (excludes halogenated alkanes) is 5. The molecule has 1 amide bonds. The highest BCUT2D eigenvalue weighted by Crippen LogP contribution is 2.33. The van der Waals surface area contributed by atoms with E-state index in [9.17, 15) is 4.79 Å². The summed E-state index contributed by atoms with van der Waals surface area (Å²) in [6.07, 6.45) is 6.46. The first-order valence-corrected chi connectivity index (χ1v) is 17.8. The van der Waals surface area contributed by atoms with E-state index < -0.39 is 5.91 Å². The van der Waals surface area contributed by atoms with Crippen molar-refractivity contribution in [3.63, 3.8) is 0 Å². The number of amides is 1. The largest absolute Gasteiger partial charge is 0.497 e. The van der Waals surface area contributed by atoms with Gasteiger partial charge >= 0.3 is 0 Å². The minimum atomic E-state index is -0.482. The Morgan fingerprint density at radius 1 is 0.706 bits per heavy atom.